The molecule has 0 atom stereocenters. The highest BCUT2D eigenvalue weighted by molar-refractivity contribution is 5.08. The Morgan fingerprint density at radius 1 is 1.16 bits per heavy atom. The Hall–Kier alpha value is -0.870. The lowest BCUT2D eigenvalue weighted by atomic mass is 10.2. The van der Waals surface area contributed by atoms with Crippen LogP contribution in [0.25, 0.3) is 0 Å². The number of nitrogens with zero attached hydrogens (tertiary/aromatic N) is 3. The summed E-state index contributed by atoms with van der Waals surface area (Å²) in [6.45, 7) is 8.08. The molecular weight excluding hydrogens is 236 g/mol. The number of aryl methyl sites for hydroxylation is 1. The van der Waals surface area contributed by atoms with E-state index in [0.717, 1.165) is 12.6 Å². The van der Waals surface area contributed by atoms with Crippen molar-refractivity contribution in [2.45, 2.75) is 51.6 Å². The van der Waals surface area contributed by atoms with E-state index in [2.05, 4.69) is 26.7 Å². The quantitative estimate of drug-likeness (QED) is 0.906. The van der Waals surface area contributed by atoms with E-state index in [1.165, 1.54) is 69.7 Å². The Bertz CT molecular complexity index is 395. The molecule has 0 unspecified atom stereocenters. The highest BCUT2D eigenvalue weighted by Gasteiger charge is 2.24. The molecule has 2 aliphatic rings. The van der Waals surface area contributed by atoms with Gasteiger partial charge in [-0.15, -0.1) is 0 Å². The summed E-state index contributed by atoms with van der Waals surface area (Å²) in [6.07, 6.45) is 8.86. The minimum atomic E-state index is 0.882. The van der Waals surface area contributed by atoms with E-state index in [-0.39, 0.29) is 0 Å². The number of H-pyrrole nitrogens is 1. The first-order chi connectivity index (χ1) is 9.33. The van der Waals surface area contributed by atoms with Crippen LogP contribution in [0.15, 0.2) is 6.33 Å². The van der Waals surface area contributed by atoms with Gasteiger partial charge in [-0.1, -0.05) is 12.8 Å². The second-order valence-corrected chi connectivity index (χ2v) is 6.08. The summed E-state index contributed by atoms with van der Waals surface area (Å²) in [6, 6.07) is 0.882. The van der Waals surface area contributed by atoms with Crippen LogP contribution >= 0.6 is 0 Å². The van der Waals surface area contributed by atoms with E-state index < -0.39 is 0 Å². The van der Waals surface area contributed by atoms with Gasteiger partial charge < -0.3 is 4.98 Å². The van der Waals surface area contributed by atoms with Crippen molar-refractivity contribution in [3.63, 3.8) is 0 Å². The predicted molar refractivity (Wildman–Crippen MR) is 77.0 cm³/mol. The van der Waals surface area contributed by atoms with Gasteiger partial charge in [0.15, 0.2) is 0 Å². The second-order valence-electron chi connectivity index (χ2n) is 6.08. The molecule has 0 amide bonds. The fourth-order valence-electron chi connectivity index (χ4n) is 3.54. The molecule has 1 aliphatic carbocycles. The molecule has 1 N–H and O–H groups in total. The fraction of sp³-hybridized carbons (Fsp3) is 0.800. The molecule has 0 radical (unpaired) electrons. The zero-order valence-electron chi connectivity index (χ0n) is 12.1. The number of imidazole rings is 1. The molecule has 4 heteroatoms. The number of aromatic amines is 1. The van der Waals surface area contributed by atoms with Crippen molar-refractivity contribution >= 4 is 0 Å². The molecular formula is C15H26N4. The van der Waals surface area contributed by atoms with Gasteiger partial charge in [0.1, 0.15) is 0 Å². The van der Waals surface area contributed by atoms with Crippen molar-refractivity contribution in [2.24, 2.45) is 0 Å². The van der Waals surface area contributed by atoms with E-state index in [1.807, 2.05) is 6.33 Å². The van der Waals surface area contributed by atoms with Gasteiger partial charge in [-0.25, -0.2) is 4.98 Å². The maximum atomic E-state index is 4.43. The number of hydrogen-bond donors (Lipinski definition) is 1. The van der Waals surface area contributed by atoms with Gasteiger partial charge in [-0.05, 0) is 39.3 Å². The lowest BCUT2D eigenvalue weighted by Gasteiger charge is -2.27. The maximum absolute atomic E-state index is 4.43. The van der Waals surface area contributed by atoms with Crippen molar-refractivity contribution in [3.05, 3.63) is 17.7 Å². The summed E-state index contributed by atoms with van der Waals surface area (Å²) >= 11 is 0. The highest BCUT2D eigenvalue weighted by Crippen LogP contribution is 2.24. The van der Waals surface area contributed by atoms with E-state index in [1.54, 1.807) is 0 Å². The van der Waals surface area contributed by atoms with Crippen LogP contribution in [0.5, 0.6) is 0 Å². The third-order valence-corrected chi connectivity index (χ3v) is 4.77. The van der Waals surface area contributed by atoms with Gasteiger partial charge in [0.2, 0.25) is 0 Å². The first-order valence-corrected chi connectivity index (χ1v) is 7.78. The Labute approximate surface area is 116 Å². The monoisotopic (exact) mass is 262 g/mol. The SMILES string of the molecule is Cc1[nH]cnc1CN1CCCN(C2CCCC2)CC1. The standard InChI is InChI=1S/C15H26N4/c1-13-15(17-12-16-13)11-18-7-4-8-19(10-9-18)14-5-2-3-6-14/h12,14H,2-11H2,1H3,(H,16,17). The summed E-state index contributed by atoms with van der Waals surface area (Å²) in [5.74, 6) is 0. The Kier molecular flexibility index (Phi) is 4.18. The summed E-state index contributed by atoms with van der Waals surface area (Å²) in [4.78, 5) is 12.9. The average molecular weight is 262 g/mol. The zero-order valence-corrected chi connectivity index (χ0v) is 12.1. The molecule has 2 fully saturated rings. The predicted octanol–water partition coefficient (Wildman–Crippen LogP) is 2.17. The topological polar surface area (TPSA) is 35.2 Å². The molecule has 0 spiro atoms. The van der Waals surface area contributed by atoms with Crippen molar-refractivity contribution in [1.29, 1.82) is 0 Å². The fourth-order valence-corrected chi connectivity index (χ4v) is 3.54. The van der Waals surface area contributed by atoms with Crippen LogP contribution in [0.4, 0.5) is 0 Å². The maximum Gasteiger partial charge on any atom is 0.0925 e. The summed E-state index contributed by atoms with van der Waals surface area (Å²) in [7, 11) is 0. The number of rotatable bonds is 3. The lowest BCUT2D eigenvalue weighted by Crippen LogP contribution is -2.36. The van der Waals surface area contributed by atoms with E-state index in [9.17, 15) is 0 Å². The molecule has 1 aromatic rings. The Morgan fingerprint density at radius 2 is 2.00 bits per heavy atom. The van der Waals surface area contributed by atoms with Crippen LogP contribution in [0.1, 0.15) is 43.5 Å². The normalized spacial score (nSPS) is 23.8. The lowest BCUT2D eigenvalue weighted by molar-refractivity contribution is 0.198. The number of aromatic nitrogens is 2. The van der Waals surface area contributed by atoms with E-state index in [0.29, 0.717) is 0 Å². The van der Waals surface area contributed by atoms with Crippen molar-refractivity contribution in [2.75, 3.05) is 26.2 Å². The summed E-state index contributed by atoms with van der Waals surface area (Å²) < 4.78 is 0. The molecule has 1 saturated heterocycles. The van der Waals surface area contributed by atoms with E-state index >= 15 is 0 Å². The summed E-state index contributed by atoms with van der Waals surface area (Å²) in [5, 5.41) is 0. The smallest absolute Gasteiger partial charge is 0.0925 e. The molecule has 2 heterocycles. The van der Waals surface area contributed by atoms with Crippen LogP contribution in [0.2, 0.25) is 0 Å². The number of nitrogens with one attached hydrogen (secondary N) is 1. The molecule has 4 nitrogen and oxygen atoms in total. The minimum Gasteiger partial charge on any atom is -0.348 e. The van der Waals surface area contributed by atoms with Gasteiger partial charge >= 0.3 is 0 Å². The van der Waals surface area contributed by atoms with Crippen LogP contribution in [0, 0.1) is 6.92 Å². The van der Waals surface area contributed by atoms with Crippen molar-refractivity contribution in [1.82, 2.24) is 19.8 Å². The van der Waals surface area contributed by atoms with Gasteiger partial charge in [-0.3, -0.25) is 9.80 Å². The van der Waals surface area contributed by atoms with Crippen LogP contribution in [-0.2, 0) is 6.54 Å². The van der Waals surface area contributed by atoms with Crippen LogP contribution < -0.4 is 0 Å². The average Bonchev–Trinajstić information content (AvgIpc) is 3.00. The van der Waals surface area contributed by atoms with E-state index in [4.69, 9.17) is 0 Å². The Morgan fingerprint density at radius 3 is 2.74 bits per heavy atom. The first-order valence-electron chi connectivity index (χ1n) is 7.78. The number of hydrogen-bond acceptors (Lipinski definition) is 3. The van der Waals surface area contributed by atoms with Crippen molar-refractivity contribution < 1.29 is 0 Å². The van der Waals surface area contributed by atoms with Gasteiger partial charge in [-0.2, -0.15) is 0 Å². The minimum absolute atomic E-state index is 0.882. The third kappa shape index (κ3) is 3.18. The first kappa shape index (κ1) is 13.1. The molecule has 3 rings (SSSR count). The third-order valence-electron chi connectivity index (χ3n) is 4.77. The zero-order chi connectivity index (χ0) is 13.1. The molecule has 1 saturated carbocycles. The highest BCUT2D eigenvalue weighted by atomic mass is 15.2. The molecule has 0 aromatic carbocycles. The molecule has 1 aliphatic heterocycles. The van der Waals surface area contributed by atoms with Gasteiger partial charge in [0.25, 0.3) is 0 Å². The van der Waals surface area contributed by atoms with Crippen LogP contribution in [0.3, 0.4) is 0 Å². The van der Waals surface area contributed by atoms with Crippen molar-refractivity contribution in [3.8, 4) is 0 Å². The molecule has 0 bridgehead atoms. The van der Waals surface area contributed by atoms with Crippen LogP contribution in [-0.4, -0.2) is 52.0 Å². The summed E-state index contributed by atoms with van der Waals surface area (Å²) in [5.41, 5.74) is 2.44. The van der Waals surface area contributed by atoms with Gasteiger partial charge in [0.05, 0.1) is 12.0 Å². The Balaban J connectivity index is 1.54. The molecule has 1 aromatic heterocycles. The second kappa shape index (κ2) is 6.06. The largest absolute Gasteiger partial charge is 0.348 e. The molecule has 19 heavy (non-hydrogen) atoms. The molecule has 106 valence electrons. The van der Waals surface area contributed by atoms with Gasteiger partial charge in [0, 0.05) is 31.4 Å².